The lowest BCUT2D eigenvalue weighted by Crippen LogP contribution is -2.27. The fraction of sp³-hybridized carbons (Fsp3) is 0.238. The van der Waals surface area contributed by atoms with Gasteiger partial charge in [0.1, 0.15) is 10.4 Å². The van der Waals surface area contributed by atoms with Crippen molar-refractivity contribution in [2.24, 2.45) is 0 Å². The third-order valence-corrected chi connectivity index (χ3v) is 5.63. The van der Waals surface area contributed by atoms with Crippen LogP contribution in [0.25, 0.3) is 6.08 Å². The summed E-state index contributed by atoms with van der Waals surface area (Å²) in [5.41, 5.74) is 1.95. The Labute approximate surface area is 169 Å². The predicted octanol–water partition coefficient (Wildman–Crippen LogP) is 5.06. The molecule has 0 radical (unpaired) electrons. The topological polar surface area (TPSA) is 38.8 Å². The van der Waals surface area contributed by atoms with Gasteiger partial charge in [-0.25, -0.2) is 0 Å². The number of ether oxygens (including phenoxy) is 2. The van der Waals surface area contributed by atoms with E-state index in [2.05, 4.69) is 0 Å². The lowest BCUT2D eigenvalue weighted by Gasteiger charge is -2.17. The molecule has 1 saturated heterocycles. The van der Waals surface area contributed by atoms with Crippen molar-refractivity contribution in [3.05, 3.63) is 64.6 Å². The minimum Gasteiger partial charge on any atom is -0.493 e. The molecule has 0 aliphatic carbocycles. The molecule has 4 nitrogen and oxygen atoms in total. The molecule has 0 unspecified atom stereocenters. The molecule has 0 aromatic heterocycles. The van der Waals surface area contributed by atoms with Gasteiger partial charge in [-0.2, -0.15) is 0 Å². The van der Waals surface area contributed by atoms with Crippen LogP contribution in [0.5, 0.6) is 11.5 Å². The van der Waals surface area contributed by atoms with E-state index in [9.17, 15) is 4.79 Å². The summed E-state index contributed by atoms with van der Waals surface area (Å²) in [7, 11) is 1.61. The second-order valence-corrected chi connectivity index (χ2v) is 7.68. The monoisotopic (exact) mass is 399 g/mol. The van der Waals surface area contributed by atoms with E-state index in [1.165, 1.54) is 11.8 Å². The number of benzene rings is 2. The van der Waals surface area contributed by atoms with Crippen LogP contribution in [0.15, 0.2) is 53.4 Å². The van der Waals surface area contributed by atoms with Crippen molar-refractivity contribution in [2.45, 2.75) is 20.0 Å². The van der Waals surface area contributed by atoms with Crippen LogP contribution in [-0.4, -0.2) is 28.8 Å². The maximum atomic E-state index is 12.4. The summed E-state index contributed by atoms with van der Waals surface area (Å²) in [5.74, 6) is 1.23. The highest BCUT2D eigenvalue weighted by atomic mass is 32.2. The number of hydrogen-bond donors (Lipinski definition) is 0. The average molecular weight is 400 g/mol. The Morgan fingerprint density at radius 1 is 1.19 bits per heavy atom. The van der Waals surface area contributed by atoms with E-state index in [0.29, 0.717) is 27.3 Å². The minimum atomic E-state index is -0.105. The van der Waals surface area contributed by atoms with E-state index < -0.39 is 0 Å². The Balaban J connectivity index is 1.82. The molecule has 1 atom stereocenters. The number of methoxy groups -OCH3 is 1. The van der Waals surface area contributed by atoms with Crippen LogP contribution in [0.2, 0.25) is 0 Å². The van der Waals surface area contributed by atoms with Crippen molar-refractivity contribution < 1.29 is 14.3 Å². The molecule has 0 spiro atoms. The van der Waals surface area contributed by atoms with Crippen LogP contribution in [0, 0.1) is 0 Å². The molecular formula is C21H21NO3S2. The van der Waals surface area contributed by atoms with Crippen molar-refractivity contribution >= 4 is 40.3 Å². The number of nitrogens with zero attached hydrogens (tertiary/aromatic N) is 1. The first-order chi connectivity index (χ1) is 13.0. The molecule has 0 bridgehead atoms. The van der Waals surface area contributed by atoms with Crippen LogP contribution in [0.4, 0.5) is 0 Å². The Hall–Kier alpha value is -2.31. The minimum absolute atomic E-state index is 0.0514. The molecule has 0 saturated carbocycles. The summed E-state index contributed by atoms with van der Waals surface area (Å²) in [4.78, 5) is 14.6. The highest BCUT2D eigenvalue weighted by Gasteiger charge is 2.30. The fourth-order valence-electron chi connectivity index (χ4n) is 2.78. The predicted molar refractivity (Wildman–Crippen MR) is 114 cm³/mol. The first-order valence-corrected chi connectivity index (χ1v) is 9.91. The number of hydrogen-bond acceptors (Lipinski definition) is 5. The van der Waals surface area contributed by atoms with Gasteiger partial charge >= 0.3 is 0 Å². The molecule has 27 heavy (non-hydrogen) atoms. The van der Waals surface area contributed by atoms with Gasteiger partial charge in [-0.15, -0.1) is 0 Å². The van der Waals surface area contributed by atoms with Gasteiger partial charge in [0.2, 0.25) is 0 Å². The Kier molecular flexibility index (Phi) is 6.19. The van der Waals surface area contributed by atoms with Gasteiger partial charge in [0.25, 0.3) is 5.91 Å². The van der Waals surface area contributed by atoms with Gasteiger partial charge in [-0.05, 0) is 43.2 Å². The van der Waals surface area contributed by atoms with E-state index >= 15 is 0 Å². The van der Waals surface area contributed by atoms with E-state index in [-0.39, 0.29) is 12.0 Å². The third-order valence-electron chi connectivity index (χ3n) is 4.25. The highest BCUT2D eigenvalue weighted by Crippen LogP contribution is 2.35. The van der Waals surface area contributed by atoms with Crippen molar-refractivity contribution in [3.63, 3.8) is 0 Å². The molecule has 1 aliphatic heterocycles. The van der Waals surface area contributed by atoms with Gasteiger partial charge < -0.3 is 9.47 Å². The summed E-state index contributed by atoms with van der Waals surface area (Å²) < 4.78 is 12.2. The van der Waals surface area contributed by atoms with Crippen molar-refractivity contribution in [1.29, 1.82) is 0 Å². The van der Waals surface area contributed by atoms with Crippen LogP contribution in [0.3, 0.4) is 0 Å². The van der Waals surface area contributed by atoms with Gasteiger partial charge in [-0.1, -0.05) is 60.4 Å². The molecule has 6 heteroatoms. The zero-order chi connectivity index (χ0) is 19.4. The maximum Gasteiger partial charge on any atom is 0.266 e. The molecular weight excluding hydrogens is 378 g/mol. The SMILES string of the molecule is CCN1C(=O)/C(=C/c2ccc(O[C@@H](C)c3ccccc3)c(OC)c2)SC1=S. The normalized spacial score (nSPS) is 16.7. The quantitative estimate of drug-likeness (QED) is 0.502. The molecule has 2 aromatic carbocycles. The largest absolute Gasteiger partial charge is 0.493 e. The standard InChI is InChI=1S/C21H21NO3S2/c1-4-22-20(23)19(27-21(22)26)13-15-10-11-17(18(12-15)24-3)25-14(2)16-8-6-5-7-9-16/h5-14H,4H2,1-3H3/b19-13-/t14-/m0/s1. The molecule has 1 amide bonds. The van der Waals surface area contributed by atoms with Crippen LogP contribution in [0.1, 0.15) is 31.1 Å². The van der Waals surface area contributed by atoms with E-state index in [1.54, 1.807) is 12.0 Å². The van der Waals surface area contributed by atoms with Gasteiger partial charge in [0.15, 0.2) is 11.5 Å². The van der Waals surface area contributed by atoms with E-state index in [0.717, 1.165) is 11.1 Å². The van der Waals surface area contributed by atoms with Gasteiger partial charge in [-0.3, -0.25) is 9.69 Å². The van der Waals surface area contributed by atoms with Crippen LogP contribution in [-0.2, 0) is 4.79 Å². The molecule has 1 fully saturated rings. The van der Waals surface area contributed by atoms with Crippen LogP contribution >= 0.6 is 24.0 Å². The zero-order valence-corrected chi connectivity index (χ0v) is 17.1. The van der Waals surface area contributed by atoms with Crippen molar-refractivity contribution in [1.82, 2.24) is 4.90 Å². The second-order valence-electron chi connectivity index (χ2n) is 6.01. The summed E-state index contributed by atoms with van der Waals surface area (Å²) in [6, 6.07) is 15.7. The fourth-order valence-corrected chi connectivity index (χ4v) is 4.16. The molecule has 2 aromatic rings. The first kappa shape index (κ1) is 19.5. The number of amides is 1. The molecule has 0 N–H and O–H groups in total. The molecule has 1 heterocycles. The second kappa shape index (κ2) is 8.59. The van der Waals surface area contributed by atoms with E-state index in [4.69, 9.17) is 21.7 Å². The summed E-state index contributed by atoms with van der Waals surface area (Å²) in [5, 5.41) is 0. The van der Waals surface area contributed by atoms with Gasteiger partial charge in [0.05, 0.1) is 12.0 Å². The zero-order valence-electron chi connectivity index (χ0n) is 15.5. The highest BCUT2D eigenvalue weighted by molar-refractivity contribution is 8.26. The van der Waals surface area contributed by atoms with E-state index in [1.807, 2.05) is 68.5 Å². The molecule has 140 valence electrons. The molecule has 3 rings (SSSR count). The van der Waals surface area contributed by atoms with Crippen molar-refractivity contribution in [3.8, 4) is 11.5 Å². The smallest absolute Gasteiger partial charge is 0.266 e. The number of thiocarbonyl (C=S) groups is 1. The lowest BCUT2D eigenvalue weighted by molar-refractivity contribution is -0.121. The van der Waals surface area contributed by atoms with Gasteiger partial charge in [0, 0.05) is 6.54 Å². The maximum absolute atomic E-state index is 12.4. The Morgan fingerprint density at radius 3 is 2.56 bits per heavy atom. The van der Waals surface area contributed by atoms with Crippen molar-refractivity contribution in [2.75, 3.05) is 13.7 Å². The lowest BCUT2D eigenvalue weighted by atomic mass is 10.1. The summed E-state index contributed by atoms with van der Waals surface area (Å²) in [6.45, 7) is 4.49. The number of carbonyl (C=O) groups excluding carboxylic acids is 1. The number of rotatable bonds is 6. The molecule has 1 aliphatic rings. The van der Waals surface area contributed by atoms with Crippen LogP contribution < -0.4 is 9.47 Å². The number of thioether (sulfide) groups is 1. The summed E-state index contributed by atoms with van der Waals surface area (Å²) >= 11 is 6.58. The average Bonchev–Trinajstić information content (AvgIpc) is 2.96. The Morgan fingerprint density at radius 2 is 1.93 bits per heavy atom. The Bertz CT molecular complexity index is 880. The number of likely N-dealkylation sites (N-methyl/N-ethyl adjacent to an activating group) is 1. The third kappa shape index (κ3) is 4.34. The first-order valence-electron chi connectivity index (χ1n) is 8.68. The number of carbonyl (C=O) groups is 1. The summed E-state index contributed by atoms with van der Waals surface area (Å²) in [6.07, 6.45) is 1.73.